The van der Waals surface area contributed by atoms with E-state index in [4.69, 9.17) is 34.6 Å². The summed E-state index contributed by atoms with van der Waals surface area (Å²) in [5.41, 5.74) is -1.27. The highest BCUT2D eigenvalue weighted by molar-refractivity contribution is 5.81. The first-order valence-electron chi connectivity index (χ1n) is 22.2. The average Bonchev–Trinajstić information content (AvgIpc) is 3.23. The minimum atomic E-state index is -1.27. The minimum absolute atomic E-state index is 0.0394. The highest BCUT2D eigenvalue weighted by atomic mass is 16.5. The third kappa shape index (κ3) is 28.9. The van der Waals surface area contributed by atoms with Gasteiger partial charge in [-0.2, -0.15) is 0 Å². The van der Waals surface area contributed by atoms with Crippen LogP contribution >= 0.6 is 0 Å². The normalized spacial score (nSPS) is 13.2. The van der Waals surface area contributed by atoms with Gasteiger partial charge in [0.05, 0.1) is 39.6 Å². The molecule has 1 aliphatic heterocycles. The van der Waals surface area contributed by atoms with E-state index in [1.807, 2.05) is 0 Å². The van der Waals surface area contributed by atoms with Crippen molar-refractivity contribution in [1.29, 1.82) is 0 Å². The molecule has 5 amide bonds. The number of hydrogen-bond acceptors (Lipinski definition) is 12. The third-order valence-electron chi connectivity index (χ3n) is 10.2. The second-order valence-electron chi connectivity index (χ2n) is 15.5. The van der Waals surface area contributed by atoms with Crippen molar-refractivity contribution in [2.24, 2.45) is 5.92 Å². The van der Waals surface area contributed by atoms with Crippen molar-refractivity contribution >= 4 is 35.5 Å². The summed E-state index contributed by atoms with van der Waals surface area (Å²) in [6.07, 6.45) is 11.1. The summed E-state index contributed by atoms with van der Waals surface area (Å²) in [7, 11) is 0. The number of unbranched alkanes of at least 4 members (excludes halogenated alkanes) is 9. The van der Waals surface area contributed by atoms with Gasteiger partial charge in [0, 0.05) is 90.6 Å². The van der Waals surface area contributed by atoms with Crippen LogP contribution in [0.5, 0.6) is 0 Å². The molecular weight excluding hydrogens is 782 g/mol. The van der Waals surface area contributed by atoms with E-state index in [-0.39, 0.29) is 128 Å². The Hall–Kier alpha value is -3.42. The fraction of sp³-hybridized carbons (Fsp3) is 0.857. The van der Waals surface area contributed by atoms with E-state index in [0.29, 0.717) is 45.6 Å². The maximum atomic E-state index is 13.9. The third-order valence-corrected chi connectivity index (χ3v) is 10.2. The lowest BCUT2D eigenvalue weighted by atomic mass is 9.93. The fourth-order valence-corrected chi connectivity index (χ4v) is 6.55. The summed E-state index contributed by atoms with van der Waals surface area (Å²) >= 11 is 0. The molecule has 0 atom stereocenters. The maximum absolute atomic E-state index is 13.9. The number of hydrogen-bond donors (Lipinski definition) is 8. The molecular formula is C42H77N5O13. The summed E-state index contributed by atoms with van der Waals surface area (Å²) in [6, 6.07) is 0. The summed E-state index contributed by atoms with van der Waals surface area (Å²) in [5, 5.41) is 47.5. The van der Waals surface area contributed by atoms with Gasteiger partial charge in [0.2, 0.25) is 29.5 Å². The first kappa shape index (κ1) is 54.6. The molecule has 60 heavy (non-hydrogen) atoms. The van der Waals surface area contributed by atoms with Crippen LogP contribution in [0.2, 0.25) is 0 Å². The molecule has 1 rings (SSSR count). The van der Waals surface area contributed by atoms with Crippen LogP contribution < -0.4 is 21.3 Å². The number of carboxylic acid groups (broad SMARTS) is 1. The van der Waals surface area contributed by atoms with Crippen LogP contribution in [0.1, 0.15) is 128 Å². The fourth-order valence-electron chi connectivity index (χ4n) is 6.55. The molecule has 8 N–H and O–H groups in total. The van der Waals surface area contributed by atoms with Gasteiger partial charge in [0.25, 0.3) is 0 Å². The summed E-state index contributed by atoms with van der Waals surface area (Å²) in [5.74, 6) is -2.45. The number of piperidine rings is 1. The van der Waals surface area contributed by atoms with E-state index in [0.717, 1.165) is 77.0 Å². The van der Waals surface area contributed by atoms with E-state index < -0.39 is 17.4 Å². The Morgan fingerprint density at radius 1 is 0.517 bits per heavy atom. The van der Waals surface area contributed by atoms with E-state index >= 15 is 0 Å². The lowest BCUT2D eigenvalue weighted by Crippen LogP contribution is -2.60. The Morgan fingerprint density at radius 2 is 0.900 bits per heavy atom. The van der Waals surface area contributed by atoms with Crippen LogP contribution in [-0.2, 0) is 43.0 Å². The number of carbonyl (C=O) groups is 6. The molecule has 1 saturated heterocycles. The van der Waals surface area contributed by atoms with E-state index in [2.05, 4.69) is 21.3 Å². The molecule has 0 radical (unpaired) electrons. The van der Waals surface area contributed by atoms with Gasteiger partial charge in [-0.1, -0.05) is 38.5 Å². The SMILES string of the molecule is O=C(O)CCCC(=O)N1CCC(C(=O)NC(COCCC(=O)NCCCCCCO)(COCCC(=O)NCCCCCCO)COCCC(=O)NCCCCCCO)CC1. The molecule has 0 aromatic carbocycles. The van der Waals surface area contributed by atoms with Gasteiger partial charge >= 0.3 is 5.97 Å². The Morgan fingerprint density at radius 3 is 1.27 bits per heavy atom. The smallest absolute Gasteiger partial charge is 0.303 e. The van der Waals surface area contributed by atoms with Gasteiger partial charge in [0.15, 0.2) is 0 Å². The zero-order valence-corrected chi connectivity index (χ0v) is 36.0. The molecule has 0 aromatic heterocycles. The largest absolute Gasteiger partial charge is 0.481 e. The van der Waals surface area contributed by atoms with E-state index in [1.54, 1.807) is 4.90 Å². The number of ether oxygens (including phenoxy) is 3. The molecule has 0 aliphatic carbocycles. The molecule has 348 valence electrons. The monoisotopic (exact) mass is 860 g/mol. The number of carbonyl (C=O) groups excluding carboxylic acids is 5. The van der Waals surface area contributed by atoms with Crippen molar-refractivity contribution in [2.45, 2.75) is 134 Å². The molecule has 0 spiro atoms. The van der Waals surface area contributed by atoms with Gasteiger partial charge in [-0.3, -0.25) is 28.8 Å². The molecule has 18 heteroatoms. The maximum Gasteiger partial charge on any atom is 0.303 e. The average molecular weight is 860 g/mol. The Kier molecular flexibility index (Phi) is 33.0. The van der Waals surface area contributed by atoms with Crippen molar-refractivity contribution in [3.05, 3.63) is 0 Å². The topological polar surface area (TPSA) is 262 Å². The molecule has 1 aliphatic rings. The van der Waals surface area contributed by atoms with E-state index in [9.17, 15) is 28.8 Å². The number of nitrogens with zero attached hydrogens (tertiary/aromatic N) is 1. The molecule has 1 heterocycles. The van der Waals surface area contributed by atoms with Crippen LogP contribution in [0.4, 0.5) is 0 Å². The number of amides is 5. The predicted molar refractivity (Wildman–Crippen MR) is 224 cm³/mol. The van der Waals surface area contributed by atoms with E-state index in [1.165, 1.54) is 0 Å². The standard InChI is InChI=1S/C42H77N5O13/c48-26-10-4-1-7-21-43-36(51)18-29-58-32-42(33-59-30-19-37(52)44-22-8-2-5-11-27-49,34-60-31-20-38(53)45-23-9-3-6-12-28-50)46-41(57)35-16-24-47(25-17-35)39(54)14-13-15-40(55)56/h35,48-50H,1-34H2,(H,43,51)(H,44,52)(H,45,53)(H,46,57)(H,55,56). The van der Waals surface area contributed by atoms with Crippen LogP contribution in [0.15, 0.2) is 0 Å². The molecule has 0 aromatic rings. The van der Waals surface area contributed by atoms with Crippen LogP contribution in [0.25, 0.3) is 0 Å². The van der Waals surface area contributed by atoms with Crippen molar-refractivity contribution in [3.63, 3.8) is 0 Å². The van der Waals surface area contributed by atoms with Gasteiger partial charge in [-0.15, -0.1) is 0 Å². The van der Waals surface area contributed by atoms with Crippen molar-refractivity contribution < 1.29 is 63.4 Å². The number of likely N-dealkylation sites (tertiary alicyclic amines) is 1. The predicted octanol–water partition coefficient (Wildman–Crippen LogP) is 1.56. The second kappa shape index (κ2) is 36.3. The number of aliphatic carboxylic acids is 1. The van der Waals surface area contributed by atoms with Gasteiger partial charge in [0.1, 0.15) is 5.54 Å². The first-order valence-corrected chi connectivity index (χ1v) is 22.2. The summed E-state index contributed by atoms with van der Waals surface area (Å²) in [4.78, 5) is 76.7. The van der Waals surface area contributed by atoms with Crippen molar-refractivity contribution in [3.8, 4) is 0 Å². The lowest BCUT2D eigenvalue weighted by Gasteiger charge is -2.37. The number of nitrogens with one attached hydrogen (secondary N) is 4. The minimum Gasteiger partial charge on any atom is -0.481 e. The highest BCUT2D eigenvalue weighted by Crippen LogP contribution is 2.21. The summed E-state index contributed by atoms with van der Waals surface area (Å²) < 4.78 is 18.0. The zero-order valence-electron chi connectivity index (χ0n) is 36.0. The van der Waals surface area contributed by atoms with Crippen LogP contribution in [0, 0.1) is 5.92 Å². The number of carboxylic acids is 1. The van der Waals surface area contributed by atoms with Gasteiger partial charge in [-0.25, -0.2) is 0 Å². The molecule has 18 nitrogen and oxygen atoms in total. The van der Waals surface area contributed by atoms with Crippen LogP contribution in [0.3, 0.4) is 0 Å². The van der Waals surface area contributed by atoms with Crippen LogP contribution in [-0.4, -0.2) is 159 Å². The van der Waals surface area contributed by atoms with Gasteiger partial charge < -0.3 is 60.8 Å². The molecule has 1 fully saturated rings. The number of aliphatic hydroxyl groups is 3. The highest BCUT2D eigenvalue weighted by Gasteiger charge is 2.37. The molecule has 0 unspecified atom stereocenters. The molecule has 0 bridgehead atoms. The Labute approximate surface area is 356 Å². The summed E-state index contributed by atoms with van der Waals surface area (Å²) in [6.45, 7) is 2.44. The number of aliphatic hydroxyl groups excluding tert-OH is 3. The Balaban J connectivity index is 2.98. The number of rotatable bonds is 39. The Bertz CT molecular complexity index is 1100. The van der Waals surface area contributed by atoms with Crippen molar-refractivity contribution in [2.75, 3.05) is 92.2 Å². The van der Waals surface area contributed by atoms with Gasteiger partial charge in [-0.05, 0) is 57.8 Å². The zero-order chi connectivity index (χ0) is 44.1. The van der Waals surface area contributed by atoms with Crippen molar-refractivity contribution in [1.82, 2.24) is 26.2 Å². The molecule has 0 saturated carbocycles. The first-order chi connectivity index (χ1) is 29.1. The lowest BCUT2D eigenvalue weighted by molar-refractivity contribution is -0.139. The second-order valence-corrected chi connectivity index (χ2v) is 15.5. The quantitative estimate of drug-likeness (QED) is 0.0409.